The van der Waals surface area contributed by atoms with Gasteiger partial charge < -0.3 is 15.2 Å². The molecule has 4 aromatic rings. The monoisotopic (exact) mass is 403 g/mol. The topological polar surface area (TPSA) is 73.9 Å². The van der Waals surface area contributed by atoms with E-state index in [1.165, 1.54) is 18.5 Å². The third-order valence-electron chi connectivity index (χ3n) is 5.06. The molecule has 2 heterocycles. The number of hydrogen-bond acceptors (Lipinski definition) is 4. The van der Waals surface area contributed by atoms with Gasteiger partial charge in [0.05, 0.1) is 11.0 Å². The van der Waals surface area contributed by atoms with Crippen molar-refractivity contribution >= 4 is 28.6 Å². The Morgan fingerprint density at radius 2 is 1.90 bits per heavy atom. The smallest absolute Gasteiger partial charge is 0.255 e. The molecule has 2 aromatic carbocycles. The van der Waals surface area contributed by atoms with Crippen molar-refractivity contribution in [2.24, 2.45) is 0 Å². The summed E-state index contributed by atoms with van der Waals surface area (Å²) in [4.78, 5) is 26.5. The zero-order valence-electron chi connectivity index (χ0n) is 17.0. The molecular formula is C23H22FN5O. The molecular weight excluding hydrogens is 381 g/mol. The molecule has 0 fully saturated rings. The highest BCUT2D eigenvalue weighted by Gasteiger charge is 2.12. The van der Waals surface area contributed by atoms with Gasteiger partial charge in [-0.25, -0.2) is 9.37 Å². The molecule has 6 nitrogen and oxygen atoms in total. The van der Waals surface area contributed by atoms with Crippen molar-refractivity contribution < 1.29 is 9.18 Å². The molecule has 0 aliphatic rings. The van der Waals surface area contributed by atoms with E-state index in [1.54, 1.807) is 24.3 Å². The number of pyridine rings is 1. The molecule has 0 bridgehead atoms. The number of nitrogens with one attached hydrogen (secondary N) is 2. The first kappa shape index (κ1) is 19.6. The van der Waals surface area contributed by atoms with Crippen LogP contribution < -0.4 is 10.2 Å². The van der Waals surface area contributed by atoms with Gasteiger partial charge in [-0.05, 0) is 55.8 Å². The minimum atomic E-state index is -0.349. The van der Waals surface area contributed by atoms with Crippen molar-refractivity contribution in [2.45, 2.75) is 19.9 Å². The molecule has 152 valence electrons. The van der Waals surface area contributed by atoms with E-state index in [0.717, 1.165) is 17.0 Å². The van der Waals surface area contributed by atoms with Crippen molar-refractivity contribution in [3.63, 3.8) is 0 Å². The molecule has 2 N–H and O–H groups in total. The van der Waals surface area contributed by atoms with Crippen LogP contribution in [0.15, 0.2) is 60.9 Å². The standard InChI is InChI=1S/C23H22FN5O/c1-14(2)29(3)23-27-20-9-8-17(12-21(20)28-23)26-22(30)16-6-4-15(5-7-16)18-13-25-11-10-19(18)24/h4-14H,1-3H3,(H,26,30)(H,27,28). The van der Waals surface area contributed by atoms with Gasteiger partial charge in [0.2, 0.25) is 5.95 Å². The van der Waals surface area contributed by atoms with Gasteiger partial charge in [-0.1, -0.05) is 12.1 Å². The van der Waals surface area contributed by atoms with Crippen molar-refractivity contribution in [1.29, 1.82) is 0 Å². The fourth-order valence-corrected chi connectivity index (χ4v) is 3.08. The number of imidazole rings is 1. The average Bonchev–Trinajstić information content (AvgIpc) is 3.17. The van der Waals surface area contributed by atoms with E-state index in [-0.39, 0.29) is 11.7 Å². The van der Waals surface area contributed by atoms with Crippen LogP contribution in [0, 0.1) is 5.82 Å². The second kappa shape index (κ2) is 7.94. The van der Waals surface area contributed by atoms with E-state index in [9.17, 15) is 9.18 Å². The van der Waals surface area contributed by atoms with Gasteiger partial charge in [0, 0.05) is 42.3 Å². The predicted octanol–water partition coefficient (Wildman–Crippen LogP) is 4.86. The van der Waals surface area contributed by atoms with E-state index in [4.69, 9.17) is 0 Å². The summed E-state index contributed by atoms with van der Waals surface area (Å²) >= 11 is 0. The summed E-state index contributed by atoms with van der Waals surface area (Å²) in [6.07, 6.45) is 2.87. The van der Waals surface area contributed by atoms with E-state index < -0.39 is 0 Å². The lowest BCUT2D eigenvalue weighted by molar-refractivity contribution is 0.102. The Balaban J connectivity index is 1.52. The van der Waals surface area contributed by atoms with Crippen LogP contribution in [0.5, 0.6) is 0 Å². The van der Waals surface area contributed by atoms with Gasteiger partial charge >= 0.3 is 0 Å². The normalized spacial score (nSPS) is 11.1. The Kier molecular flexibility index (Phi) is 5.18. The zero-order chi connectivity index (χ0) is 21.3. The Morgan fingerprint density at radius 3 is 2.60 bits per heavy atom. The highest BCUT2D eigenvalue weighted by atomic mass is 19.1. The van der Waals surface area contributed by atoms with Crippen LogP contribution in [0.25, 0.3) is 22.2 Å². The minimum Gasteiger partial charge on any atom is -0.343 e. The first-order valence-corrected chi connectivity index (χ1v) is 9.66. The number of benzene rings is 2. The number of carbonyl (C=O) groups excluding carboxylic acids is 1. The Morgan fingerprint density at radius 1 is 1.13 bits per heavy atom. The first-order valence-electron chi connectivity index (χ1n) is 9.66. The molecule has 0 radical (unpaired) electrons. The number of carbonyl (C=O) groups is 1. The second-order valence-corrected chi connectivity index (χ2v) is 7.38. The summed E-state index contributed by atoms with van der Waals surface area (Å²) in [5.74, 6) is 0.186. The molecule has 0 unspecified atom stereocenters. The summed E-state index contributed by atoms with van der Waals surface area (Å²) in [5.41, 5.74) is 3.88. The molecule has 0 saturated carbocycles. The third kappa shape index (κ3) is 3.87. The van der Waals surface area contributed by atoms with Gasteiger partial charge in [0.25, 0.3) is 5.91 Å². The lowest BCUT2D eigenvalue weighted by Gasteiger charge is -2.19. The third-order valence-corrected chi connectivity index (χ3v) is 5.06. The number of aromatic amines is 1. The molecule has 7 heteroatoms. The molecule has 0 saturated heterocycles. The van der Waals surface area contributed by atoms with Crippen LogP contribution in [-0.2, 0) is 0 Å². The van der Waals surface area contributed by atoms with Crippen LogP contribution >= 0.6 is 0 Å². The van der Waals surface area contributed by atoms with E-state index >= 15 is 0 Å². The number of rotatable bonds is 5. The van der Waals surface area contributed by atoms with Crippen molar-refractivity contribution in [3.05, 3.63) is 72.3 Å². The van der Waals surface area contributed by atoms with Crippen molar-refractivity contribution in [3.8, 4) is 11.1 Å². The lowest BCUT2D eigenvalue weighted by atomic mass is 10.0. The molecule has 1 amide bonds. The number of fused-ring (bicyclic) bond motifs is 1. The average molecular weight is 403 g/mol. The van der Waals surface area contributed by atoms with Gasteiger partial charge in [-0.15, -0.1) is 0 Å². The second-order valence-electron chi connectivity index (χ2n) is 7.38. The maximum absolute atomic E-state index is 13.9. The number of anilines is 2. The Bertz CT molecular complexity index is 1200. The SMILES string of the molecule is CC(C)N(C)c1nc2ccc(NC(=O)c3ccc(-c4cnccc4F)cc3)cc2[nH]1. The fourth-order valence-electron chi connectivity index (χ4n) is 3.08. The van der Waals surface area contributed by atoms with Gasteiger partial charge in [-0.3, -0.25) is 9.78 Å². The largest absolute Gasteiger partial charge is 0.343 e. The number of nitrogens with zero attached hydrogens (tertiary/aromatic N) is 3. The maximum Gasteiger partial charge on any atom is 0.255 e. The highest BCUT2D eigenvalue weighted by Crippen LogP contribution is 2.24. The van der Waals surface area contributed by atoms with E-state index in [1.807, 2.05) is 30.1 Å². The number of aromatic nitrogens is 3. The molecule has 0 atom stereocenters. The van der Waals surface area contributed by atoms with Gasteiger partial charge in [0.1, 0.15) is 5.82 Å². The molecule has 30 heavy (non-hydrogen) atoms. The van der Waals surface area contributed by atoms with E-state index in [0.29, 0.717) is 28.4 Å². The zero-order valence-corrected chi connectivity index (χ0v) is 17.0. The maximum atomic E-state index is 13.9. The first-order chi connectivity index (χ1) is 14.4. The quantitative estimate of drug-likeness (QED) is 0.499. The predicted molar refractivity (Wildman–Crippen MR) is 117 cm³/mol. The molecule has 0 aliphatic heterocycles. The highest BCUT2D eigenvalue weighted by molar-refractivity contribution is 6.05. The summed E-state index contributed by atoms with van der Waals surface area (Å²) < 4.78 is 13.9. The summed E-state index contributed by atoms with van der Waals surface area (Å²) in [6, 6.07) is 13.9. The van der Waals surface area contributed by atoms with Crippen LogP contribution in [0.1, 0.15) is 24.2 Å². The number of halogens is 1. The molecule has 2 aromatic heterocycles. The van der Waals surface area contributed by atoms with Crippen LogP contribution in [-0.4, -0.2) is 33.9 Å². The van der Waals surface area contributed by atoms with Crippen molar-refractivity contribution in [2.75, 3.05) is 17.3 Å². The number of amides is 1. The summed E-state index contributed by atoms with van der Waals surface area (Å²) in [6.45, 7) is 4.18. The summed E-state index contributed by atoms with van der Waals surface area (Å²) in [5, 5.41) is 2.90. The number of hydrogen-bond donors (Lipinski definition) is 2. The van der Waals surface area contributed by atoms with Crippen LogP contribution in [0.2, 0.25) is 0 Å². The molecule has 0 aliphatic carbocycles. The minimum absolute atomic E-state index is 0.244. The van der Waals surface area contributed by atoms with Crippen LogP contribution in [0.3, 0.4) is 0 Å². The van der Waals surface area contributed by atoms with Crippen LogP contribution in [0.4, 0.5) is 16.0 Å². The van der Waals surface area contributed by atoms with Crippen molar-refractivity contribution in [1.82, 2.24) is 15.0 Å². The molecule has 0 spiro atoms. The van der Waals surface area contributed by atoms with Gasteiger partial charge in [0.15, 0.2) is 0 Å². The Labute approximate surface area is 173 Å². The molecule has 4 rings (SSSR count). The van der Waals surface area contributed by atoms with E-state index in [2.05, 4.69) is 34.1 Å². The lowest BCUT2D eigenvalue weighted by Crippen LogP contribution is -2.26. The Hall–Kier alpha value is -3.74. The fraction of sp³-hybridized carbons (Fsp3) is 0.174. The number of H-pyrrole nitrogens is 1. The summed E-state index contributed by atoms with van der Waals surface area (Å²) in [7, 11) is 1.98. The van der Waals surface area contributed by atoms with Gasteiger partial charge in [-0.2, -0.15) is 0 Å².